The Hall–Kier alpha value is -2.16. The topological polar surface area (TPSA) is 85.1 Å². The van der Waals surface area contributed by atoms with E-state index in [1.54, 1.807) is 6.92 Å². The number of carbonyl (C=O) groups excluding carboxylic acids is 1. The summed E-state index contributed by atoms with van der Waals surface area (Å²) in [5, 5.41) is 8.99. The molecule has 6 heteroatoms. The van der Waals surface area contributed by atoms with E-state index in [0.29, 0.717) is 12.5 Å². The van der Waals surface area contributed by atoms with Crippen LogP contribution in [0.25, 0.3) is 0 Å². The van der Waals surface area contributed by atoms with Gasteiger partial charge < -0.3 is 9.47 Å². The maximum absolute atomic E-state index is 11.6. The zero-order valence-corrected chi connectivity index (χ0v) is 10.4. The predicted octanol–water partition coefficient (Wildman–Crippen LogP) is 1.44. The first kappa shape index (κ1) is 13.9. The first-order valence-electron chi connectivity index (χ1n) is 5.73. The van der Waals surface area contributed by atoms with Gasteiger partial charge in [0.1, 0.15) is 6.33 Å². The first-order valence-corrected chi connectivity index (χ1v) is 5.73. The Balaban J connectivity index is 2.86. The molecule has 6 nitrogen and oxygen atoms in total. The standard InChI is InChI=1S/C12H15N3O3/c1-3-5-18-11-6-10(14-8-15-11)9(7-13)12(16)17-4-2/h6,8-9H,3-5H2,1-2H3. The number of nitrogens with zero attached hydrogens (tertiary/aromatic N) is 3. The van der Waals surface area contributed by atoms with Crippen LogP contribution in [-0.4, -0.2) is 29.2 Å². The number of aromatic nitrogens is 2. The molecule has 1 heterocycles. The second-order valence-corrected chi connectivity index (χ2v) is 3.44. The lowest BCUT2D eigenvalue weighted by molar-refractivity contribution is -0.143. The molecule has 0 amide bonds. The molecular weight excluding hydrogens is 234 g/mol. The van der Waals surface area contributed by atoms with Crippen molar-refractivity contribution in [2.75, 3.05) is 13.2 Å². The van der Waals surface area contributed by atoms with Crippen LogP contribution in [0.1, 0.15) is 31.9 Å². The first-order chi connectivity index (χ1) is 8.72. The summed E-state index contributed by atoms with van der Waals surface area (Å²) in [5.74, 6) is -1.30. The monoisotopic (exact) mass is 249 g/mol. The van der Waals surface area contributed by atoms with E-state index in [-0.39, 0.29) is 12.3 Å². The minimum atomic E-state index is -1.04. The van der Waals surface area contributed by atoms with Crippen LogP contribution in [0, 0.1) is 11.3 Å². The van der Waals surface area contributed by atoms with Crippen LogP contribution in [0.15, 0.2) is 12.4 Å². The molecule has 0 bridgehead atoms. The van der Waals surface area contributed by atoms with Gasteiger partial charge in [0, 0.05) is 6.07 Å². The van der Waals surface area contributed by atoms with Crippen molar-refractivity contribution in [3.8, 4) is 11.9 Å². The fourth-order valence-electron chi connectivity index (χ4n) is 1.26. The van der Waals surface area contributed by atoms with Crippen molar-refractivity contribution in [3.63, 3.8) is 0 Å². The fraction of sp³-hybridized carbons (Fsp3) is 0.500. The SMILES string of the molecule is CCCOc1cc(C(C#N)C(=O)OCC)ncn1. The molecule has 0 spiro atoms. The second-order valence-electron chi connectivity index (χ2n) is 3.44. The minimum absolute atomic E-state index is 0.224. The Bertz CT molecular complexity index is 442. The molecule has 1 atom stereocenters. The third-order valence-corrected chi connectivity index (χ3v) is 2.06. The van der Waals surface area contributed by atoms with Crippen molar-refractivity contribution in [1.29, 1.82) is 5.26 Å². The van der Waals surface area contributed by atoms with Crippen LogP contribution in [0.2, 0.25) is 0 Å². The molecule has 1 rings (SSSR count). The summed E-state index contributed by atoms with van der Waals surface area (Å²) in [4.78, 5) is 19.4. The number of rotatable bonds is 6. The smallest absolute Gasteiger partial charge is 0.329 e. The number of nitriles is 1. The molecule has 1 aromatic heterocycles. The lowest BCUT2D eigenvalue weighted by Gasteiger charge is -2.09. The Labute approximate surface area is 106 Å². The Morgan fingerprint density at radius 2 is 2.28 bits per heavy atom. The quantitative estimate of drug-likeness (QED) is 0.709. The van der Waals surface area contributed by atoms with E-state index in [1.165, 1.54) is 12.4 Å². The van der Waals surface area contributed by atoms with Gasteiger partial charge in [-0.1, -0.05) is 6.92 Å². The van der Waals surface area contributed by atoms with Gasteiger partial charge in [0.2, 0.25) is 5.88 Å². The van der Waals surface area contributed by atoms with Crippen LogP contribution >= 0.6 is 0 Å². The van der Waals surface area contributed by atoms with E-state index in [1.807, 2.05) is 13.0 Å². The van der Waals surface area contributed by atoms with E-state index in [0.717, 1.165) is 6.42 Å². The molecule has 1 unspecified atom stereocenters. The molecule has 96 valence electrons. The summed E-state index contributed by atoms with van der Waals surface area (Å²) in [5.41, 5.74) is 0.289. The maximum Gasteiger partial charge on any atom is 0.329 e. The van der Waals surface area contributed by atoms with E-state index in [9.17, 15) is 4.79 Å². The van der Waals surface area contributed by atoms with E-state index >= 15 is 0 Å². The van der Waals surface area contributed by atoms with Gasteiger partial charge in [0.05, 0.1) is 25.0 Å². The van der Waals surface area contributed by atoms with E-state index in [4.69, 9.17) is 14.7 Å². The van der Waals surface area contributed by atoms with Crippen LogP contribution in [-0.2, 0) is 9.53 Å². The van der Waals surface area contributed by atoms with Crippen LogP contribution in [0.5, 0.6) is 5.88 Å². The Morgan fingerprint density at radius 3 is 2.89 bits per heavy atom. The van der Waals surface area contributed by atoms with Crippen molar-refractivity contribution < 1.29 is 14.3 Å². The third-order valence-electron chi connectivity index (χ3n) is 2.06. The Morgan fingerprint density at radius 1 is 1.50 bits per heavy atom. The fourth-order valence-corrected chi connectivity index (χ4v) is 1.26. The van der Waals surface area contributed by atoms with Gasteiger partial charge in [0.15, 0.2) is 5.92 Å². The highest BCUT2D eigenvalue weighted by Crippen LogP contribution is 2.17. The zero-order chi connectivity index (χ0) is 13.4. The normalized spacial score (nSPS) is 11.4. The summed E-state index contributed by atoms with van der Waals surface area (Å²) in [6, 6.07) is 3.35. The molecule has 0 N–H and O–H groups in total. The molecule has 0 aliphatic carbocycles. The largest absolute Gasteiger partial charge is 0.478 e. The number of esters is 1. The molecule has 0 aliphatic rings. The number of ether oxygens (including phenoxy) is 2. The van der Waals surface area contributed by atoms with Gasteiger partial charge >= 0.3 is 5.97 Å². The lowest BCUT2D eigenvalue weighted by atomic mass is 10.1. The van der Waals surface area contributed by atoms with Gasteiger partial charge in [-0.2, -0.15) is 5.26 Å². The molecule has 1 aromatic rings. The van der Waals surface area contributed by atoms with Gasteiger partial charge in [-0.25, -0.2) is 9.97 Å². The summed E-state index contributed by atoms with van der Waals surface area (Å²) < 4.78 is 10.1. The van der Waals surface area contributed by atoms with Gasteiger partial charge in [-0.05, 0) is 13.3 Å². The molecule has 18 heavy (non-hydrogen) atoms. The average Bonchev–Trinajstić information content (AvgIpc) is 2.38. The molecular formula is C12H15N3O3. The average molecular weight is 249 g/mol. The van der Waals surface area contributed by atoms with Crippen LogP contribution in [0.4, 0.5) is 0 Å². The number of carbonyl (C=O) groups is 1. The summed E-state index contributed by atoms with van der Waals surface area (Å²) >= 11 is 0. The van der Waals surface area contributed by atoms with Crippen molar-refractivity contribution in [2.45, 2.75) is 26.2 Å². The molecule has 0 aromatic carbocycles. The van der Waals surface area contributed by atoms with Crippen LogP contribution in [0.3, 0.4) is 0 Å². The van der Waals surface area contributed by atoms with E-state index in [2.05, 4.69) is 9.97 Å². The molecule has 0 fully saturated rings. The minimum Gasteiger partial charge on any atom is -0.478 e. The third kappa shape index (κ3) is 3.70. The molecule has 0 radical (unpaired) electrons. The highest BCUT2D eigenvalue weighted by molar-refractivity contribution is 5.80. The molecule has 0 saturated heterocycles. The van der Waals surface area contributed by atoms with Gasteiger partial charge in [0.25, 0.3) is 0 Å². The predicted molar refractivity (Wildman–Crippen MR) is 62.8 cm³/mol. The number of hydrogen-bond acceptors (Lipinski definition) is 6. The van der Waals surface area contributed by atoms with Crippen molar-refractivity contribution in [2.24, 2.45) is 0 Å². The van der Waals surface area contributed by atoms with Crippen LogP contribution < -0.4 is 4.74 Å². The molecule has 0 saturated carbocycles. The maximum atomic E-state index is 11.6. The highest BCUT2D eigenvalue weighted by atomic mass is 16.5. The second kappa shape index (κ2) is 7.22. The zero-order valence-electron chi connectivity index (χ0n) is 10.4. The van der Waals surface area contributed by atoms with Crippen molar-refractivity contribution in [1.82, 2.24) is 9.97 Å². The van der Waals surface area contributed by atoms with Gasteiger partial charge in [-0.15, -0.1) is 0 Å². The highest BCUT2D eigenvalue weighted by Gasteiger charge is 2.23. The van der Waals surface area contributed by atoms with E-state index < -0.39 is 11.9 Å². The van der Waals surface area contributed by atoms with Crippen molar-refractivity contribution >= 4 is 5.97 Å². The summed E-state index contributed by atoms with van der Waals surface area (Å²) in [7, 11) is 0. The summed E-state index contributed by atoms with van der Waals surface area (Å²) in [6.07, 6.45) is 2.11. The molecule has 0 aliphatic heterocycles. The lowest BCUT2D eigenvalue weighted by Crippen LogP contribution is -2.16. The van der Waals surface area contributed by atoms with Gasteiger partial charge in [-0.3, -0.25) is 4.79 Å². The van der Waals surface area contributed by atoms with Crippen molar-refractivity contribution in [3.05, 3.63) is 18.1 Å². The summed E-state index contributed by atoms with van der Waals surface area (Å²) in [6.45, 7) is 4.40. The Kier molecular flexibility index (Phi) is 5.58. The number of hydrogen-bond donors (Lipinski definition) is 0.